The van der Waals surface area contributed by atoms with Crippen LogP contribution in [0.5, 0.6) is 0 Å². The van der Waals surface area contributed by atoms with Crippen molar-refractivity contribution in [2.45, 2.75) is 11.8 Å². The number of nitrogens with zero attached hydrogens (tertiary/aromatic N) is 2. The number of anilines is 1. The highest BCUT2D eigenvalue weighted by Gasteiger charge is 2.35. The highest BCUT2D eigenvalue weighted by molar-refractivity contribution is 7.89. The molecular formula is C22H17ClFN3O3S. The Kier molecular flexibility index (Phi) is 5.51. The van der Waals surface area contributed by atoms with Crippen LogP contribution in [0.3, 0.4) is 0 Å². The lowest BCUT2D eigenvalue weighted by atomic mass is 10.0. The number of hydrogen-bond donors (Lipinski definition) is 1. The van der Waals surface area contributed by atoms with Crippen molar-refractivity contribution in [3.8, 4) is 0 Å². The molecule has 31 heavy (non-hydrogen) atoms. The zero-order valence-corrected chi connectivity index (χ0v) is 17.9. The van der Waals surface area contributed by atoms with Crippen molar-refractivity contribution in [1.29, 1.82) is 0 Å². The first-order valence-electron chi connectivity index (χ1n) is 9.28. The molecule has 3 aromatic carbocycles. The largest absolute Gasteiger partial charge is 0.324 e. The maximum Gasteiger partial charge on any atom is 0.280 e. The summed E-state index contributed by atoms with van der Waals surface area (Å²) < 4.78 is 41.4. The number of carbonyl (C=O) groups excluding carboxylic acids is 1. The number of benzene rings is 3. The number of amides is 1. The second-order valence-corrected chi connectivity index (χ2v) is 9.22. The predicted octanol–water partition coefficient (Wildman–Crippen LogP) is 4.18. The van der Waals surface area contributed by atoms with E-state index in [1.165, 1.54) is 36.4 Å². The van der Waals surface area contributed by atoms with Crippen LogP contribution in [0, 0.1) is 12.7 Å². The zero-order valence-electron chi connectivity index (χ0n) is 16.3. The van der Waals surface area contributed by atoms with Crippen LogP contribution >= 0.6 is 11.6 Å². The van der Waals surface area contributed by atoms with E-state index in [0.29, 0.717) is 10.1 Å². The minimum atomic E-state index is -4.14. The predicted molar refractivity (Wildman–Crippen MR) is 117 cm³/mol. The lowest BCUT2D eigenvalue weighted by Crippen LogP contribution is -2.38. The molecule has 0 bridgehead atoms. The van der Waals surface area contributed by atoms with Crippen molar-refractivity contribution < 1.29 is 17.6 Å². The number of rotatable bonds is 4. The maximum atomic E-state index is 14.5. The van der Waals surface area contributed by atoms with E-state index >= 15 is 0 Å². The summed E-state index contributed by atoms with van der Waals surface area (Å²) in [6.07, 6.45) is 0. The highest BCUT2D eigenvalue weighted by Crippen LogP contribution is 2.31. The molecule has 0 saturated carbocycles. The lowest BCUT2D eigenvalue weighted by Gasteiger charge is -2.27. The minimum absolute atomic E-state index is 0.0774. The first-order valence-corrected chi connectivity index (χ1v) is 11.1. The molecule has 0 spiro atoms. The quantitative estimate of drug-likeness (QED) is 0.638. The van der Waals surface area contributed by atoms with Crippen molar-refractivity contribution in [2.75, 3.05) is 11.9 Å². The molecule has 0 atom stereocenters. The fraction of sp³-hybridized carbons (Fsp3) is 0.0909. The van der Waals surface area contributed by atoms with Crippen LogP contribution in [0.4, 0.5) is 10.1 Å². The molecule has 0 aromatic heterocycles. The third kappa shape index (κ3) is 4.17. The number of aryl methyl sites for hydroxylation is 1. The van der Waals surface area contributed by atoms with Gasteiger partial charge in [-0.25, -0.2) is 4.39 Å². The van der Waals surface area contributed by atoms with Crippen LogP contribution < -0.4 is 5.32 Å². The molecule has 4 rings (SSSR count). The summed E-state index contributed by atoms with van der Waals surface area (Å²) in [5.41, 5.74) is 1.90. The van der Waals surface area contributed by atoms with Gasteiger partial charge in [0.2, 0.25) is 5.91 Å². The summed E-state index contributed by atoms with van der Waals surface area (Å²) in [7, 11) is -4.14. The van der Waals surface area contributed by atoms with Crippen LogP contribution in [-0.2, 0) is 14.8 Å². The monoisotopic (exact) mass is 457 g/mol. The number of hydrazone groups is 1. The third-order valence-corrected chi connectivity index (χ3v) is 6.62. The molecule has 9 heteroatoms. The van der Waals surface area contributed by atoms with E-state index in [1.54, 1.807) is 18.2 Å². The van der Waals surface area contributed by atoms with Gasteiger partial charge in [0.15, 0.2) is 0 Å². The molecule has 0 unspecified atom stereocenters. The van der Waals surface area contributed by atoms with E-state index in [-0.39, 0.29) is 26.8 Å². The fourth-order valence-corrected chi connectivity index (χ4v) is 4.73. The van der Waals surface area contributed by atoms with E-state index < -0.39 is 28.3 Å². The second kappa shape index (κ2) is 8.13. The van der Waals surface area contributed by atoms with E-state index in [2.05, 4.69) is 10.4 Å². The SMILES string of the molecule is Cc1ccc(NC(=O)CN2N=C(c3ccccc3F)c3cc(Cl)ccc3S2(=O)=O)cc1. The molecule has 0 fully saturated rings. The van der Waals surface area contributed by atoms with Gasteiger partial charge in [0.05, 0.1) is 4.90 Å². The number of fused-ring (bicyclic) bond motifs is 1. The maximum absolute atomic E-state index is 14.5. The molecule has 1 aliphatic rings. The Morgan fingerprint density at radius 1 is 1.06 bits per heavy atom. The summed E-state index contributed by atoms with van der Waals surface area (Å²) in [5, 5.41) is 7.07. The van der Waals surface area contributed by atoms with Crippen molar-refractivity contribution in [1.82, 2.24) is 4.41 Å². The summed E-state index contributed by atoms with van der Waals surface area (Å²) >= 11 is 6.06. The summed E-state index contributed by atoms with van der Waals surface area (Å²) in [4.78, 5) is 12.4. The van der Waals surface area contributed by atoms with Crippen molar-refractivity contribution in [3.63, 3.8) is 0 Å². The van der Waals surface area contributed by atoms with Gasteiger partial charge >= 0.3 is 0 Å². The Bertz CT molecular complexity index is 1310. The number of halogens is 2. The van der Waals surface area contributed by atoms with Crippen molar-refractivity contribution in [3.05, 3.63) is 94.3 Å². The normalized spacial score (nSPS) is 14.5. The lowest BCUT2D eigenvalue weighted by molar-refractivity contribution is -0.116. The number of carbonyl (C=O) groups is 1. The summed E-state index contributed by atoms with van der Waals surface area (Å²) in [6, 6.07) is 17.1. The van der Waals surface area contributed by atoms with Gasteiger partial charge in [-0.2, -0.15) is 17.9 Å². The molecule has 158 valence electrons. The number of nitrogens with one attached hydrogen (secondary N) is 1. The van der Waals surface area contributed by atoms with Crippen LogP contribution in [0.1, 0.15) is 16.7 Å². The van der Waals surface area contributed by atoms with Crippen LogP contribution in [0.25, 0.3) is 0 Å². The van der Waals surface area contributed by atoms with Crippen LogP contribution in [0.2, 0.25) is 5.02 Å². The average molecular weight is 458 g/mol. The van der Waals surface area contributed by atoms with E-state index in [0.717, 1.165) is 5.56 Å². The average Bonchev–Trinajstić information content (AvgIpc) is 2.72. The molecule has 1 heterocycles. The standard InChI is InChI=1S/C22H17ClFN3O3S/c1-14-6-9-16(10-7-14)25-21(28)13-27-26-22(17-4-2-3-5-19(17)24)18-12-15(23)8-11-20(18)31(27,29)30/h2-12H,13H2,1H3,(H,25,28). The van der Waals surface area contributed by atoms with Crippen molar-refractivity contribution in [2.24, 2.45) is 5.10 Å². The van der Waals surface area contributed by atoms with Gasteiger partial charge in [-0.05, 0) is 49.4 Å². The molecule has 0 radical (unpaired) electrons. The minimum Gasteiger partial charge on any atom is -0.324 e. The molecule has 3 aromatic rings. The van der Waals surface area contributed by atoms with Crippen LogP contribution in [-0.4, -0.2) is 31.0 Å². The fourth-order valence-electron chi connectivity index (χ4n) is 3.18. The van der Waals surface area contributed by atoms with Gasteiger partial charge in [0, 0.05) is 21.8 Å². The zero-order chi connectivity index (χ0) is 22.2. The molecule has 1 N–H and O–H groups in total. The van der Waals surface area contributed by atoms with Gasteiger partial charge < -0.3 is 5.32 Å². The number of sulfonamides is 1. The Morgan fingerprint density at radius 2 is 1.77 bits per heavy atom. The molecule has 0 aliphatic carbocycles. The summed E-state index contributed by atoms with van der Waals surface area (Å²) in [6.45, 7) is 1.34. The molecule has 6 nitrogen and oxygen atoms in total. The molecule has 1 amide bonds. The number of hydrogen-bond acceptors (Lipinski definition) is 4. The van der Waals surface area contributed by atoms with Gasteiger partial charge in [-0.3, -0.25) is 4.79 Å². The highest BCUT2D eigenvalue weighted by atomic mass is 35.5. The third-order valence-electron chi connectivity index (χ3n) is 4.71. The topological polar surface area (TPSA) is 78.8 Å². The van der Waals surface area contributed by atoms with Crippen LogP contribution in [0.15, 0.2) is 76.7 Å². The first kappa shape index (κ1) is 21.0. The van der Waals surface area contributed by atoms with E-state index in [1.807, 2.05) is 19.1 Å². The molecular weight excluding hydrogens is 441 g/mol. The second-order valence-electron chi connectivity index (χ2n) is 6.97. The Hall–Kier alpha value is -3.23. The van der Waals surface area contributed by atoms with Gasteiger partial charge in [0.25, 0.3) is 10.0 Å². The van der Waals surface area contributed by atoms with Gasteiger partial charge in [0.1, 0.15) is 18.1 Å². The first-order chi connectivity index (χ1) is 14.8. The molecule has 0 saturated heterocycles. The van der Waals surface area contributed by atoms with Gasteiger partial charge in [-0.1, -0.05) is 41.4 Å². The van der Waals surface area contributed by atoms with Crippen molar-refractivity contribution >= 4 is 38.9 Å². The van der Waals surface area contributed by atoms with Gasteiger partial charge in [-0.15, -0.1) is 0 Å². The Morgan fingerprint density at radius 3 is 2.48 bits per heavy atom. The smallest absolute Gasteiger partial charge is 0.280 e. The molecule has 1 aliphatic heterocycles. The Labute approximate surface area is 184 Å². The van der Waals surface area contributed by atoms with E-state index in [4.69, 9.17) is 11.6 Å². The Balaban J connectivity index is 1.74. The van der Waals surface area contributed by atoms with E-state index in [9.17, 15) is 17.6 Å². The summed E-state index contributed by atoms with van der Waals surface area (Å²) in [5.74, 6) is -1.16.